The molecule has 1 aromatic carbocycles. The van der Waals surface area contributed by atoms with Gasteiger partial charge < -0.3 is 0 Å². The van der Waals surface area contributed by atoms with E-state index in [2.05, 4.69) is 52.0 Å². The Bertz CT molecular complexity index is 319. The van der Waals surface area contributed by atoms with Crippen LogP contribution < -0.4 is 0 Å². The van der Waals surface area contributed by atoms with Gasteiger partial charge in [0.05, 0.1) is 0 Å². The van der Waals surface area contributed by atoms with Crippen LogP contribution in [0.15, 0.2) is 24.3 Å². The van der Waals surface area contributed by atoms with Crippen LogP contribution in [0.3, 0.4) is 0 Å². The lowest BCUT2D eigenvalue weighted by atomic mass is 9.97. The highest BCUT2D eigenvalue weighted by Gasteiger charge is 2.01. The van der Waals surface area contributed by atoms with Gasteiger partial charge in [0.15, 0.2) is 0 Å². The molecule has 0 spiro atoms. The second-order valence-electron chi connectivity index (χ2n) is 3.49. The molecule has 0 nitrogen and oxygen atoms in total. The molecule has 70 valence electrons. The quantitative estimate of drug-likeness (QED) is 0.632. The summed E-state index contributed by atoms with van der Waals surface area (Å²) in [5.74, 6) is 0. The molecule has 1 aromatic rings. The lowest BCUT2D eigenvalue weighted by molar-refractivity contribution is 1.21. The van der Waals surface area contributed by atoms with Crippen LogP contribution in [-0.2, 0) is 0 Å². The minimum atomic E-state index is 1.11. The molecule has 0 heteroatoms. The summed E-state index contributed by atoms with van der Waals surface area (Å²) < 4.78 is 0. The van der Waals surface area contributed by atoms with Crippen molar-refractivity contribution in [1.82, 2.24) is 0 Å². The number of allylic oxidation sites excluding steroid dienone is 2. The fourth-order valence-electron chi connectivity index (χ4n) is 1.63. The van der Waals surface area contributed by atoms with E-state index < -0.39 is 0 Å². The maximum Gasteiger partial charge on any atom is -0.0196 e. The van der Waals surface area contributed by atoms with Crippen molar-refractivity contribution in [2.24, 2.45) is 0 Å². The van der Waals surface area contributed by atoms with Crippen molar-refractivity contribution < 1.29 is 0 Å². The Balaban J connectivity index is 3.19. The van der Waals surface area contributed by atoms with E-state index in [1.54, 1.807) is 0 Å². The fraction of sp³-hybridized carbons (Fsp3) is 0.385. The van der Waals surface area contributed by atoms with Crippen molar-refractivity contribution in [1.29, 1.82) is 0 Å². The smallest absolute Gasteiger partial charge is 0.0196 e. The monoisotopic (exact) mass is 174 g/mol. The molecule has 0 aliphatic carbocycles. The number of rotatable bonds is 2. The predicted octanol–water partition coefficient (Wildman–Crippen LogP) is 4.12. The molecule has 0 unspecified atom stereocenters. The lowest BCUT2D eigenvalue weighted by Gasteiger charge is -2.09. The summed E-state index contributed by atoms with van der Waals surface area (Å²) in [5.41, 5.74) is 5.57. The highest BCUT2D eigenvalue weighted by Crippen LogP contribution is 2.22. The molecule has 13 heavy (non-hydrogen) atoms. The van der Waals surface area contributed by atoms with E-state index >= 15 is 0 Å². The van der Waals surface area contributed by atoms with Crippen molar-refractivity contribution >= 4 is 5.57 Å². The number of hydrogen-bond acceptors (Lipinski definition) is 0. The molecular formula is C13H18. The van der Waals surface area contributed by atoms with Gasteiger partial charge in [-0.3, -0.25) is 0 Å². The molecule has 0 fully saturated rings. The van der Waals surface area contributed by atoms with E-state index in [1.807, 2.05) is 0 Å². The van der Waals surface area contributed by atoms with Crippen molar-refractivity contribution in [3.63, 3.8) is 0 Å². The molecule has 0 N–H and O–H groups in total. The molecular weight excluding hydrogens is 156 g/mol. The highest BCUT2D eigenvalue weighted by atomic mass is 14.1. The topological polar surface area (TPSA) is 0 Å². The minimum absolute atomic E-state index is 1.11. The maximum atomic E-state index is 2.27. The van der Waals surface area contributed by atoms with Gasteiger partial charge in [0.1, 0.15) is 0 Å². The summed E-state index contributed by atoms with van der Waals surface area (Å²) >= 11 is 0. The van der Waals surface area contributed by atoms with Crippen LogP contribution in [-0.4, -0.2) is 0 Å². The second kappa shape index (κ2) is 4.27. The summed E-state index contributed by atoms with van der Waals surface area (Å²) in [7, 11) is 0. The Morgan fingerprint density at radius 3 is 2.54 bits per heavy atom. The zero-order chi connectivity index (χ0) is 9.84. The van der Waals surface area contributed by atoms with Crippen molar-refractivity contribution in [2.75, 3.05) is 0 Å². The van der Waals surface area contributed by atoms with E-state index in [0.717, 1.165) is 6.42 Å². The first kappa shape index (κ1) is 10.0. The van der Waals surface area contributed by atoms with Crippen molar-refractivity contribution in [2.45, 2.75) is 34.1 Å². The van der Waals surface area contributed by atoms with E-state index in [9.17, 15) is 0 Å². The van der Waals surface area contributed by atoms with E-state index in [4.69, 9.17) is 0 Å². The molecule has 0 bridgehead atoms. The molecule has 1 rings (SSSR count). The predicted molar refractivity (Wildman–Crippen MR) is 59.9 cm³/mol. The third-order valence-corrected chi connectivity index (χ3v) is 2.47. The van der Waals surface area contributed by atoms with Crippen LogP contribution >= 0.6 is 0 Å². The first-order valence-corrected chi connectivity index (χ1v) is 4.91. The summed E-state index contributed by atoms with van der Waals surface area (Å²) in [6, 6.07) is 6.64. The van der Waals surface area contributed by atoms with Crippen LogP contribution in [0.4, 0.5) is 0 Å². The molecule has 0 aromatic heterocycles. The highest BCUT2D eigenvalue weighted by molar-refractivity contribution is 5.68. The fourth-order valence-corrected chi connectivity index (χ4v) is 1.63. The van der Waals surface area contributed by atoms with Gasteiger partial charge in [-0.1, -0.05) is 36.8 Å². The Morgan fingerprint density at radius 2 is 2.00 bits per heavy atom. The Hall–Kier alpha value is -1.04. The number of benzene rings is 1. The van der Waals surface area contributed by atoms with Gasteiger partial charge in [-0.05, 0) is 43.9 Å². The summed E-state index contributed by atoms with van der Waals surface area (Å²) in [6.07, 6.45) is 3.32. The van der Waals surface area contributed by atoms with Crippen LogP contribution in [0.25, 0.3) is 5.57 Å². The van der Waals surface area contributed by atoms with E-state index in [0.29, 0.717) is 0 Å². The molecule has 0 saturated heterocycles. The van der Waals surface area contributed by atoms with Gasteiger partial charge in [0.25, 0.3) is 0 Å². The molecule has 0 saturated carbocycles. The Morgan fingerprint density at radius 1 is 1.31 bits per heavy atom. The molecule has 0 heterocycles. The SMILES string of the molecule is C/C=C(/CC)c1cc(C)ccc1C. The van der Waals surface area contributed by atoms with Gasteiger partial charge in [-0.15, -0.1) is 0 Å². The van der Waals surface area contributed by atoms with Gasteiger partial charge in [0, 0.05) is 0 Å². The van der Waals surface area contributed by atoms with Crippen LogP contribution in [0.1, 0.15) is 37.0 Å². The van der Waals surface area contributed by atoms with Crippen LogP contribution in [0.5, 0.6) is 0 Å². The molecule has 0 aliphatic rings. The van der Waals surface area contributed by atoms with Gasteiger partial charge in [-0.25, -0.2) is 0 Å². The number of hydrogen-bond donors (Lipinski definition) is 0. The third kappa shape index (κ3) is 2.21. The Labute approximate surface area is 81.3 Å². The average Bonchev–Trinajstić information content (AvgIpc) is 2.13. The lowest BCUT2D eigenvalue weighted by Crippen LogP contribution is -1.88. The standard InChI is InChI=1S/C13H18/c1-5-12(6-2)13-9-10(3)7-8-11(13)4/h5,7-9H,6H2,1-4H3/b12-5-. The molecule has 0 radical (unpaired) electrons. The maximum absolute atomic E-state index is 2.27. The first-order valence-electron chi connectivity index (χ1n) is 4.91. The van der Waals surface area contributed by atoms with Gasteiger partial charge in [0.2, 0.25) is 0 Å². The van der Waals surface area contributed by atoms with E-state index in [-0.39, 0.29) is 0 Å². The second-order valence-corrected chi connectivity index (χ2v) is 3.49. The van der Waals surface area contributed by atoms with Crippen LogP contribution in [0, 0.1) is 13.8 Å². The minimum Gasteiger partial charge on any atom is -0.0838 e. The zero-order valence-electron chi connectivity index (χ0n) is 9.02. The summed E-state index contributed by atoms with van der Waals surface area (Å²) in [5, 5.41) is 0. The third-order valence-electron chi connectivity index (χ3n) is 2.47. The number of aryl methyl sites for hydroxylation is 2. The van der Waals surface area contributed by atoms with E-state index in [1.165, 1.54) is 22.3 Å². The normalized spacial score (nSPS) is 11.8. The summed E-state index contributed by atoms with van der Waals surface area (Å²) in [6.45, 7) is 8.64. The van der Waals surface area contributed by atoms with Crippen LogP contribution in [0.2, 0.25) is 0 Å². The summed E-state index contributed by atoms with van der Waals surface area (Å²) in [4.78, 5) is 0. The van der Waals surface area contributed by atoms with Crippen molar-refractivity contribution in [3.05, 3.63) is 41.0 Å². The largest absolute Gasteiger partial charge is 0.0838 e. The Kier molecular flexibility index (Phi) is 3.30. The van der Waals surface area contributed by atoms with Crippen molar-refractivity contribution in [3.8, 4) is 0 Å². The zero-order valence-corrected chi connectivity index (χ0v) is 9.02. The first-order chi connectivity index (χ1) is 6.19. The molecule has 0 amide bonds. The average molecular weight is 174 g/mol. The molecule has 0 aliphatic heterocycles. The van der Waals surface area contributed by atoms with Gasteiger partial charge in [-0.2, -0.15) is 0 Å². The molecule has 0 atom stereocenters. The van der Waals surface area contributed by atoms with Gasteiger partial charge >= 0.3 is 0 Å².